The third-order valence-corrected chi connectivity index (χ3v) is 3.31. The van der Waals surface area contributed by atoms with E-state index in [-0.39, 0.29) is 0 Å². The molecule has 0 N–H and O–H groups in total. The molecule has 0 aliphatic heterocycles. The number of hydrogen-bond acceptors (Lipinski definition) is 0. The molecule has 1 nitrogen and oxygen atoms in total. The fraction of sp³-hybridized carbons (Fsp3) is 0. The fourth-order valence-corrected chi connectivity index (χ4v) is 2.31. The highest BCUT2D eigenvalue weighted by Gasteiger charge is 2.11. The lowest BCUT2D eigenvalue weighted by molar-refractivity contribution is 1.54. The van der Waals surface area contributed by atoms with Crippen LogP contribution in [0, 0.1) is 0 Å². The molecule has 0 aromatic heterocycles. The van der Waals surface area contributed by atoms with Crippen LogP contribution in [0.4, 0.5) is 0 Å². The molecule has 3 aromatic carbocycles. The summed E-state index contributed by atoms with van der Waals surface area (Å²) in [5, 5.41) is 10.6. The summed E-state index contributed by atoms with van der Waals surface area (Å²) in [4.78, 5) is 0. The molecule has 0 aliphatic carbocycles. The average molecular weight is 256 g/mol. The largest absolute Gasteiger partial charge is 0.149 e. The van der Waals surface area contributed by atoms with Crippen LogP contribution in [0.5, 0.6) is 0 Å². The molecule has 1 heteroatoms. The van der Waals surface area contributed by atoms with Crippen molar-refractivity contribution < 1.29 is 0 Å². The Kier molecular flexibility index (Phi) is 3.42. The molecule has 95 valence electrons. The third-order valence-electron chi connectivity index (χ3n) is 3.31. The minimum Gasteiger partial charge on any atom is -0.149 e. The predicted molar refractivity (Wildman–Crippen MR) is 83.7 cm³/mol. The van der Waals surface area contributed by atoms with Gasteiger partial charge in [0.05, 0.1) is 0 Å². The summed E-state index contributed by atoms with van der Waals surface area (Å²) in [6, 6.07) is 27.7. The minimum atomic E-state index is 0.310. The standard InChI is InChI=1S/C19H14N/c20-19(16-11-5-2-6-12-16)18-14-8-7-13-17(18)15-9-3-1-4-10-15/h1-14H. The van der Waals surface area contributed by atoms with Crippen LogP contribution in [0.15, 0.2) is 84.9 Å². The molecule has 0 heterocycles. The first-order valence-corrected chi connectivity index (χ1v) is 6.62. The van der Waals surface area contributed by atoms with Gasteiger partial charge in [-0.05, 0) is 11.1 Å². The normalized spacial score (nSPS) is 10.2. The van der Waals surface area contributed by atoms with Crippen molar-refractivity contribution >= 4 is 5.71 Å². The SMILES string of the molecule is [N]=C(c1ccccc1)c1ccccc1-c1ccccc1. The highest BCUT2D eigenvalue weighted by Crippen LogP contribution is 2.25. The zero-order valence-electron chi connectivity index (χ0n) is 11.0. The molecule has 0 bridgehead atoms. The van der Waals surface area contributed by atoms with Gasteiger partial charge >= 0.3 is 0 Å². The van der Waals surface area contributed by atoms with Crippen LogP contribution in [0.25, 0.3) is 11.1 Å². The molecule has 1 radical (unpaired) electrons. The van der Waals surface area contributed by atoms with Gasteiger partial charge in [-0.1, -0.05) is 84.9 Å². The van der Waals surface area contributed by atoms with Crippen LogP contribution >= 0.6 is 0 Å². The Morgan fingerprint density at radius 2 is 1.15 bits per heavy atom. The van der Waals surface area contributed by atoms with Gasteiger partial charge in [0.15, 0.2) is 0 Å². The molecule has 20 heavy (non-hydrogen) atoms. The molecule has 0 unspecified atom stereocenters. The van der Waals surface area contributed by atoms with Crippen molar-refractivity contribution in [3.63, 3.8) is 0 Å². The summed E-state index contributed by atoms with van der Waals surface area (Å²) in [7, 11) is 0. The van der Waals surface area contributed by atoms with Crippen LogP contribution in [0.3, 0.4) is 0 Å². The van der Waals surface area contributed by atoms with Crippen LogP contribution in [-0.4, -0.2) is 5.71 Å². The summed E-state index contributed by atoms with van der Waals surface area (Å²) in [6.45, 7) is 0. The van der Waals surface area contributed by atoms with Crippen molar-refractivity contribution in [1.29, 1.82) is 0 Å². The van der Waals surface area contributed by atoms with Crippen molar-refractivity contribution in [3.05, 3.63) is 96.1 Å². The number of benzene rings is 3. The molecule has 0 fully saturated rings. The second-order valence-electron chi connectivity index (χ2n) is 4.63. The monoisotopic (exact) mass is 256 g/mol. The van der Waals surface area contributed by atoms with E-state index in [1.54, 1.807) is 0 Å². The molecule has 0 aliphatic rings. The lowest BCUT2D eigenvalue weighted by Gasteiger charge is -2.10. The smallest absolute Gasteiger partial charge is 0.101 e. The van der Waals surface area contributed by atoms with Crippen molar-refractivity contribution in [2.75, 3.05) is 0 Å². The Morgan fingerprint density at radius 1 is 0.600 bits per heavy atom. The van der Waals surface area contributed by atoms with E-state index in [0.29, 0.717) is 5.71 Å². The second kappa shape index (κ2) is 5.54. The van der Waals surface area contributed by atoms with E-state index in [1.165, 1.54) is 0 Å². The van der Waals surface area contributed by atoms with Crippen molar-refractivity contribution in [2.24, 2.45) is 0 Å². The van der Waals surface area contributed by atoms with E-state index in [4.69, 9.17) is 0 Å². The van der Waals surface area contributed by atoms with Crippen molar-refractivity contribution in [2.45, 2.75) is 0 Å². The highest BCUT2D eigenvalue weighted by atomic mass is 14.4. The first kappa shape index (κ1) is 12.4. The van der Waals surface area contributed by atoms with Crippen molar-refractivity contribution in [1.82, 2.24) is 5.41 Å². The van der Waals surface area contributed by atoms with Crippen LogP contribution in [-0.2, 0) is 0 Å². The van der Waals surface area contributed by atoms with Crippen LogP contribution < -0.4 is 5.41 Å². The van der Waals surface area contributed by atoms with Gasteiger partial charge in [-0.15, -0.1) is 5.41 Å². The first-order chi connectivity index (χ1) is 9.86. The predicted octanol–water partition coefficient (Wildman–Crippen LogP) is 3.99. The van der Waals surface area contributed by atoms with Gasteiger partial charge in [0, 0.05) is 11.1 Å². The lowest BCUT2D eigenvalue weighted by Crippen LogP contribution is -2.05. The number of nitrogens with zero attached hydrogens (tertiary/aromatic N) is 1. The molecule has 0 saturated heterocycles. The summed E-state index contributed by atoms with van der Waals surface area (Å²) < 4.78 is 0. The second-order valence-corrected chi connectivity index (χ2v) is 4.63. The van der Waals surface area contributed by atoms with Gasteiger partial charge in [-0.25, -0.2) is 0 Å². The van der Waals surface area contributed by atoms with Gasteiger partial charge in [0.1, 0.15) is 5.71 Å². The number of rotatable bonds is 3. The number of hydrogen-bond donors (Lipinski definition) is 0. The first-order valence-electron chi connectivity index (χ1n) is 6.62. The lowest BCUT2D eigenvalue weighted by atomic mass is 9.93. The van der Waals surface area contributed by atoms with Gasteiger partial charge in [0.25, 0.3) is 0 Å². The Labute approximate surface area is 119 Å². The third kappa shape index (κ3) is 2.39. The molecule has 0 spiro atoms. The minimum absolute atomic E-state index is 0.310. The summed E-state index contributed by atoms with van der Waals surface area (Å²) >= 11 is 0. The van der Waals surface area contributed by atoms with Crippen LogP contribution in [0.2, 0.25) is 0 Å². The van der Waals surface area contributed by atoms with Gasteiger partial charge < -0.3 is 0 Å². The van der Waals surface area contributed by atoms with E-state index in [1.807, 2.05) is 72.8 Å². The Balaban J connectivity index is 2.10. The zero-order valence-corrected chi connectivity index (χ0v) is 11.0. The summed E-state index contributed by atoms with van der Waals surface area (Å²) in [5.41, 5.74) is 4.13. The molecular weight excluding hydrogens is 242 g/mol. The quantitative estimate of drug-likeness (QED) is 0.632. The zero-order chi connectivity index (χ0) is 13.8. The molecule has 3 rings (SSSR count). The van der Waals surface area contributed by atoms with E-state index < -0.39 is 0 Å². The van der Waals surface area contributed by atoms with E-state index in [9.17, 15) is 5.41 Å². The maximum atomic E-state index is 10.6. The Hall–Kier alpha value is -2.67. The maximum Gasteiger partial charge on any atom is 0.101 e. The van der Waals surface area contributed by atoms with Crippen LogP contribution in [0.1, 0.15) is 11.1 Å². The fourth-order valence-electron chi connectivity index (χ4n) is 2.31. The average Bonchev–Trinajstić information content (AvgIpc) is 2.56. The van der Waals surface area contributed by atoms with E-state index in [2.05, 4.69) is 12.1 Å². The molecule has 0 saturated carbocycles. The van der Waals surface area contributed by atoms with Gasteiger partial charge in [-0.2, -0.15) is 0 Å². The summed E-state index contributed by atoms with van der Waals surface area (Å²) in [5.74, 6) is 0. The molecule has 0 atom stereocenters. The van der Waals surface area contributed by atoms with Crippen molar-refractivity contribution in [3.8, 4) is 11.1 Å². The topological polar surface area (TPSA) is 22.3 Å². The highest BCUT2D eigenvalue weighted by molar-refractivity contribution is 6.15. The molecule has 0 amide bonds. The summed E-state index contributed by atoms with van der Waals surface area (Å²) in [6.07, 6.45) is 0. The molecular formula is C19H14N. The molecule has 3 aromatic rings. The maximum absolute atomic E-state index is 10.6. The Bertz CT molecular complexity index is 715. The van der Waals surface area contributed by atoms with E-state index in [0.717, 1.165) is 22.3 Å². The van der Waals surface area contributed by atoms with Gasteiger partial charge in [-0.3, -0.25) is 0 Å². The Morgan fingerprint density at radius 3 is 1.85 bits per heavy atom. The van der Waals surface area contributed by atoms with Gasteiger partial charge in [0.2, 0.25) is 0 Å². The van der Waals surface area contributed by atoms with E-state index >= 15 is 0 Å².